The highest BCUT2D eigenvalue weighted by atomic mass is 35.5. The summed E-state index contributed by atoms with van der Waals surface area (Å²) in [5.74, 6) is 0. The maximum atomic E-state index is 5.93. The van der Waals surface area contributed by atoms with Crippen molar-refractivity contribution < 1.29 is 0 Å². The summed E-state index contributed by atoms with van der Waals surface area (Å²) in [5.41, 5.74) is 3.39. The summed E-state index contributed by atoms with van der Waals surface area (Å²) in [6.45, 7) is 2.05. The molecule has 0 radical (unpaired) electrons. The zero-order chi connectivity index (χ0) is 13.2. The number of hydrogen-bond acceptors (Lipinski definition) is 2. The van der Waals surface area contributed by atoms with Gasteiger partial charge in [0.2, 0.25) is 0 Å². The van der Waals surface area contributed by atoms with Crippen LogP contribution < -0.4 is 0 Å². The van der Waals surface area contributed by atoms with Crippen molar-refractivity contribution in [2.24, 2.45) is 0 Å². The molecule has 1 aromatic heterocycles. The van der Waals surface area contributed by atoms with Crippen molar-refractivity contribution in [2.45, 2.75) is 6.92 Å². The zero-order valence-corrected chi connectivity index (χ0v) is 12.0. The smallest absolute Gasteiger partial charge is 0.124 e. The molecule has 0 aliphatic heterocycles. The van der Waals surface area contributed by atoms with Gasteiger partial charge in [-0.2, -0.15) is 0 Å². The molecule has 19 heavy (non-hydrogen) atoms. The molecule has 1 heterocycles. The second-order valence-electron chi connectivity index (χ2n) is 4.31. The third-order valence-corrected chi connectivity index (χ3v) is 4.43. The summed E-state index contributed by atoms with van der Waals surface area (Å²) >= 11 is 7.65. The van der Waals surface area contributed by atoms with E-state index in [1.165, 1.54) is 10.4 Å². The fourth-order valence-electron chi connectivity index (χ4n) is 1.97. The topological polar surface area (TPSA) is 12.9 Å². The van der Waals surface area contributed by atoms with Gasteiger partial charge in [-0.1, -0.05) is 54.1 Å². The lowest BCUT2D eigenvalue weighted by molar-refractivity contribution is 1.27. The number of thiazole rings is 1. The molecule has 0 bridgehead atoms. The molecule has 0 saturated carbocycles. The molecule has 0 fully saturated rings. The normalized spacial score (nSPS) is 10.6. The van der Waals surface area contributed by atoms with Crippen LogP contribution in [-0.4, -0.2) is 4.98 Å². The lowest BCUT2D eigenvalue weighted by Gasteiger charge is -1.98. The van der Waals surface area contributed by atoms with Crippen molar-refractivity contribution in [3.63, 3.8) is 0 Å². The number of rotatable bonds is 2. The van der Waals surface area contributed by atoms with E-state index >= 15 is 0 Å². The Hall–Kier alpha value is -1.64. The summed E-state index contributed by atoms with van der Waals surface area (Å²) < 4.78 is 0. The van der Waals surface area contributed by atoms with E-state index in [9.17, 15) is 0 Å². The summed E-state index contributed by atoms with van der Waals surface area (Å²) in [4.78, 5) is 5.87. The standard InChI is InChI=1S/C16H12ClNS/c1-11-15(12-7-9-14(17)10-8-12)19-16(18-11)13-5-3-2-4-6-13/h2-10H,1H3. The molecule has 0 aliphatic carbocycles. The van der Waals surface area contributed by atoms with E-state index in [1.807, 2.05) is 49.4 Å². The van der Waals surface area contributed by atoms with E-state index in [4.69, 9.17) is 11.6 Å². The highest BCUT2D eigenvalue weighted by Gasteiger charge is 2.10. The molecule has 94 valence electrons. The van der Waals surface area contributed by atoms with Crippen molar-refractivity contribution in [3.8, 4) is 21.0 Å². The first kappa shape index (κ1) is 12.4. The van der Waals surface area contributed by atoms with Crippen LogP contribution in [0.15, 0.2) is 54.6 Å². The Kier molecular flexibility index (Phi) is 3.36. The Morgan fingerprint density at radius 2 is 1.58 bits per heavy atom. The van der Waals surface area contributed by atoms with Crippen LogP contribution in [0.4, 0.5) is 0 Å². The first-order valence-corrected chi connectivity index (χ1v) is 7.22. The maximum absolute atomic E-state index is 5.93. The number of nitrogens with zero attached hydrogens (tertiary/aromatic N) is 1. The predicted molar refractivity (Wildman–Crippen MR) is 82.7 cm³/mol. The van der Waals surface area contributed by atoms with Gasteiger partial charge in [0.1, 0.15) is 5.01 Å². The Bertz CT molecular complexity index is 687. The average molecular weight is 286 g/mol. The lowest BCUT2D eigenvalue weighted by Crippen LogP contribution is -1.78. The fourth-order valence-corrected chi connectivity index (χ4v) is 3.17. The summed E-state index contributed by atoms with van der Waals surface area (Å²) in [7, 11) is 0. The zero-order valence-electron chi connectivity index (χ0n) is 10.4. The average Bonchev–Trinajstić information content (AvgIpc) is 2.83. The molecule has 3 heteroatoms. The van der Waals surface area contributed by atoms with Gasteiger partial charge < -0.3 is 0 Å². The molecule has 0 N–H and O–H groups in total. The molecule has 3 aromatic rings. The van der Waals surface area contributed by atoms with Crippen LogP contribution in [0, 0.1) is 6.92 Å². The van der Waals surface area contributed by atoms with Crippen LogP contribution in [0.2, 0.25) is 5.02 Å². The van der Waals surface area contributed by atoms with E-state index < -0.39 is 0 Å². The first-order chi connectivity index (χ1) is 9.24. The van der Waals surface area contributed by atoms with E-state index in [-0.39, 0.29) is 0 Å². The number of benzene rings is 2. The number of aromatic nitrogens is 1. The molecule has 0 spiro atoms. The number of aryl methyl sites for hydroxylation is 1. The molecule has 2 aromatic carbocycles. The molecule has 0 unspecified atom stereocenters. The largest absolute Gasteiger partial charge is 0.241 e. The molecule has 0 amide bonds. The Morgan fingerprint density at radius 3 is 2.26 bits per heavy atom. The van der Waals surface area contributed by atoms with Gasteiger partial charge in [-0.05, 0) is 24.6 Å². The Labute approximate surface area is 121 Å². The van der Waals surface area contributed by atoms with E-state index in [0.29, 0.717) is 0 Å². The Balaban J connectivity index is 2.05. The van der Waals surface area contributed by atoms with Gasteiger partial charge in [-0.25, -0.2) is 4.98 Å². The summed E-state index contributed by atoms with van der Waals surface area (Å²) in [6.07, 6.45) is 0. The minimum atomic E-state index is 0.759. The van der Waals surface area contributed by atoms with Crippen LogP contribution >= 0.6 is 22.9 Å². The molecule has 3 rings (SSSR count). The molecule has 1 nitrogen and oxygen atoms in total. The quantitative estimate of drug-likeness (QED) is 0.611. The second-order valence-corrected chi connectivity index (χ2v) is 5.74. The number of halogens is 1. The van der Waals surface area contributed by atoms with Gasteiger partial charge in [-0.3, -0.25) is 0 Å². The summed E-state index contributed by atoms with van der Waals surface area (Å²) in [6, 6.07) is 18.2. The van der Waals surface area contributed by atoms with Crippen LogP contribution in [0.1, 0.15) is 5.69 Å². The highest BCUT2D eigenvalue weighted by Crippen LogP contribution is 2.35. The van der Waals surface area contributed by atoms with E-state index in [2.05, 4.69) is 17.1 Å². The van der Waals surface area contributed by atoms with E-state index in [1.54, 1.807) is 11.3 Å². The van der Waals surface area contributed by atoms with Crippen molar-refractivity contribution in [1.82, 2.24) is 4.98 Å². The van der Waals surface area contributed by atoms with Gasteiger partial charge in [0.05, 0.1) is 10.6 Å². The van der Waals surface area contributed by atoms with Crippen molar-refractivity contribution in [2.75, 3.05) is 0 Å². The third-order valence-electron chi connectivity index (χ3n) is 2.92. The van der Waals surface area contributed by atoms with Gasteiger partial charge in [0.15, 0.2) is 0 Å². The van der Waals surface area contributed by atoms with Crippen molar-refractivity contribution in [1.29, 1.82) is 0 Å². The minimum Gasteiger partial charge on any atom is -0.241 e. The van der Waals surface area contributed by atoms with Crippen molar-refractivity contribution >= 4 is 22.9 Å². The van der Waals surface area contributed by atoms with Gasteiger partial charge in [-0.15, -0.1) is 11.3 Å². The molecular weight excluding hydrogens is 274 g/mol. The second kappa shape index (κ2) is 5.16. The fraction of sp³-hybridized carbons (Fsp3) is 0.0625. The predicted octanol–water partition coefficient (Wildman–Crippen LogP) is 5.44. The van der Waals surface area contributed by atoms with Gasteiger partial charge in [0, 0.05) is 10.6 Å². The SMILES string of the molecule is Cc1nc(-c2ccccc2)sc1-c1ccc(Cl)cc1. The van der Waals surface area contributed by atoms with Crippen LogP contribution in [0.3, 0.4) is 0 Å². The Morgan fingerprint density at radius 1 is 0.895 bits per heavy atom. The lowest BCUT2D eigenvalue weighted by atomic mass is 10.2. The van der Waals surface area contributed by atoms with Gasteiger partial charge in [0.25, 0.3) is 0 Å². The first-order valence-electron chi connectivity index (χ1n) is 6.03. The molecule has 0 saturated heterocycles. The van der Waals surface area contributed by atoms with E-state index in [0.717, 1.165) is 21.3 Å². The molecular formula is C16H12ClNS. The molecule has 0 atom stereocenters. The van der Waals surface area contributed by atoms with Crippen LogP contribution in [0.5, 0.6) is 0 Å². The third kappa shape index (κ3) is 2.55. The van der Waals surface area contributed by atoms with Crippen molar-refractivity contribution in [3.05, 3.63) is 65.3 Å². The highest BCUT2D eigenvalue weighted by molar-refractivity contribution is 7.18. The monoisotopic (exact) mass is 285 g/mol. The number of hydrogen-bond donors (Lipinski definition) is 0. The van der Waals surface area contributed by atoms with Gasteiger partial charge >= 0.3 is 0 Å². The maximum Gasteiger partial charge on any atom is 0.124 e. The summed E-state index contributed by atoms with van der Waals surface area (Å²) in [5, 5.41) is 1.82. The molecule has 0 aliphatic rings. The van der Waals surface area contributed by atoms with Crippen LogP contribution in [0.25, 0.3) is 21.0 Å². The minimum absolute atomic E-state index is 0.759. The van der Waals surface area contributed by atoms with Crippen LogP contribution in [-0.2, 0) is 0 Å².